The Morgan fingerprint density at radius 1 is 1.44 bits per heavy atom. The lowest BCUT2D eigenvalue weighted by Gasteiger charge is -2.30. The number of rotatable bonds is 2. The molecule has 2 aliphatic rings. The maximum Gasteiger partial charge on any atom is 0.250 e. The van der Waals surface area contributed by atoms with Crippen LogP contribution in [0.2, 0.25) is 0 Å². The first kappa shape index (κ1) is 13.5. The number of nitrogens with one attached hydrogen (secondary N) is 1. The molecule has 1 N–H and O–H groups in total. The van der Waals surface area contributed by atoms with Gasteiger partial charge in [0.15, 0.2) is 5.82 Å². The van der Waals surface area contributed by atoms with Gasteiger partial charge in [-0.2, -0.15) is 0 Å². The molecule has 0 unspecified atom stereocenters. The predicted octanol–water partition coefficient (Wildman–Crippen LogP) is 1.54. The first-order valence-corrected chi connectivity index (χ1v) is 5.97. The summed E-state index contributed by atoms with van der Waals surface area (Å²) in [5.74, 6) is -0.341. The predicted molar refractivity (Wildman–Crippen MR) is 66.6 cm³/mol. The molecular weight excluding hydrogens is 259 g/mol. The number of halogens is 2. The van der Waals surface area contributed by atoms with Gasteiger partial charge < -0.3 is 14.8 Å². The van der Waals surface area contributed by atoms with E-state index in [2.05, 4.69) is 10.3 Å². The van der Waals surface area contributed by atoms with Crippen LogP contribution in [0.5, 0.6) is 5.88 Å². The topological polar surface area (TPSA) is 43.4 Å². The number of hydrogen-bond donors (Lipinski definition) is 1. The third-order valence-corrected chi connectivity index (χ3v) is 3.33. The molecule has 1 saturated heterocycles. The van der Waals surface area contributed by atoms with Crippen LogP contribution in [0.3, 0.4) is 0 Å². The Hall–Kier alpha value is -0.910. The van der Waals surface area contributed by atoms with Crippen molar-refractivity contribution in [2.75, 3.05) is 13.2 Å². The highest BCUT2D eigenvalue weighted by molar-refractivity contribution is 5.85. The second-order valence-electron chi connectivity index (χ2n) is 4.42. The SMILES string of the molecule is Cl.Fc1cccnc1O[C@H]1CC[C@@H]2NCCO[C@H]21. The minimum Gasteiger partial charge on any atom is -0.469 e. The van der Waals surface area contributed by atoms with Crippen LogP contribution < -0.4 is 10.1 Å². The highest BCUT2D eigenvalue weighted by Crippen LogP contribution is 2.28. The van der Waals surface area contributed by atoms with Gasteiger partial charge in [-0.05, 0) is 25.0 Å². The van der Waals surface area contributed by atoms with Crippen LogP contribution >= 0.6 is 12.4 Å². The molecule has 3 rings (SSSR count). The lowest BCUT2D eigenvalue weighted by molar-refractivity contribution is -0.0427. The van der Waals surface area contributed by atoms with Gasteiger partial charge in [-0.1, -0.05) is 0 Å². The van der Waals surface area contributed by atoms with Crippen LogP contribution in [0.25, 0.3) is 0 Å². The van der Waals surface area contributed by atoms with Gasteiger partial charge in [-0.25, -0.2) is 9.37 Å². The smallest absolute Gasteiger partial charge is 0.250 e. The number of nitrogens with zero attached hydrogens (tertiary/aromatic N) is 1. The largest absolute Gasteiger partial charge is 0.469 e. The summed E-state index contributed by atoms with van der Waals surface area (Å²) in [6.45, 7) is 1.57. The highest BCUT2D eigenvalue weighted by Gasteiger charge is 2.40. The van der Waals surface area contributed by atoms with Crippen molar-refractivity contribution in [1.29, 1.82) is 0 Å². The Balaban J connectivity index is 0.00000120. The molecule has 18 heavy (non-hydrogen) atoms. The van der Waals surface area contributed by atoms with E-state index < -0.39 is 5.82 Å². The summed E-state index contributed by atoms with van der Waals surface area (Å²) in [7, 11) is 0. The summed E-state index contributed by atoms with van der Waals surface area (Å²) in [5.41, 5.74) is 0. The maximum atomic E-state index is 13.4. The number of aromatic nitrogens is 1. The molecule has 0 aromatic carbocycles. The van der Waals surface area contributed by atoms with E-state index in [-0.39, 0.29) is 30.5 Å². The number of pyridine rings is 1. The molecule has 0 amide bonds. The Bertz CT molecular complexity index is 407. The molecule has 1 aliphatic carbocycles. The summed E-state index contributed by atoms with van der Waals surface area (Å²) in [6, 6.07) is 3.24. The second-order valence-corrected chi connectivity index (χ2v) is 4.42. The molecular formula is C12H16ClFN2O2. The molecule has 1 saturated carbocycles. The summed E-state index contributed by atoms with van der Waals surface area (Å²) >= 11 is 0. The van der Waals surface area contributed by atoms with Crippen molar-refractivity contribution in [3.63, 3.8) is 0 Å². The average molecular weight is 275 g/mol. The van der Waals surface area contributed by atoms with E-state index in [9.17, 15) is 4.39 Å². The highest BCUT2D eigenvalue weighted by atomic mass is 35.5. The lowest BCUT2D eigenvalue weighted by Crippen LogP contribution is -2.49. The van der Waals surface area contributed by atoms with Gasteiger partial charge in [0.25, 0.3) is 5.88 Å². The fourth-order valence-electron chi connectivity index (χ4n) is 2.54. The van der Waals surface area contributed by atoms with E-state index in [1.807, 2.05) is 0 Å². The molecule has 2 heterocycles. The Morgan fingerprint density at radius 3 is 3.17 bits per heavy atom. The molecule has 4 nitrogen and oxygen atoms in total. The number of morpholine rings is 1. The third-order valence-electron chi connectivity index (χ3n) is 3.33. The van der Waals surface area contributed by atoms with Gasteiger partial charge in [0.2, 0.25) is 0 Å². The van der Waals surface area contributed by atoms with Gasteiger partial charge in [0, 0.05) is 18.8 Å². The van der Waals surface area contributed by atoms with Crippen molar-refractivity contribution < 1.29 is 13.9 Å². The zero-order chi connectivity index (χ0) is 11.7. The van der Waals surface area contributed by atoms with Crippen LogP contribution in [0.15, 0.2) is 18.3 Å². The normalized spacial score (nSPS) is 30.4. The Labute approximate surface area is 111 Å². The van der Waals surface area contributed by atoms with Crippen molar-refractivity contribution in [2.45, 2.75) is 31.1 Å². The van der Waals surface area contributed by atoms with Crippen LogP contribution in [-0.2, 0) is 4.74 Å². The molecule has 6 heteroatoms. The molecule has 1 aromatic heterocycles. The summed E-state index contributed by atoms with van der Waals surface area (Å²) in [4.78, 5) is 3.91. The Morgan fingerprint density at radius 2 is 2.33 bits per heavy atom. The minimum absolute atomic E-state index is 0. The van der Waals surface area contributed by atoms with E-state index in [0.717, 1.165) is 19.4 Å². The van der Waals surface area contributed by atoms with Crippen molar-refractivity contribution in [3.05, 3.63) is 24.1 Å². The fourth-order valence-corrected chi connectivity index (χ4v) is 2.54. The summed E-state index contributed by atoms with van der Waals surface area (Å²) < 4.78 is 24.7. The second kappa shape index (κ2) is 5.82. The van der Waals surface area contributed by atoms with Gasteiger partial charge >= 0.3 is 0 Å². The third kappa shape index (κ3) is 2.58. The van der Waals surface area contributed by atoms with E-state index in [1.54, 1.807) is 6.07 Å². The number of ether oxygens (including phenoxy) is 2. The molecule has 1 aliphatic heterocycles. The molecule has 0 bridgehead atoms. The molecule has 0 radical (unpaired) electrons. The van der Waals surface area contributed by atoms with Gasteiger partial charge in [-0.3, -0.25) is 0 Å². The van der Waals surface area contributed by atoms with Gasteiger partial charge in [0.05, 0.1) is 6.61 Å². The Kier molecular flexibility index (Phi) is 4.37. The molecule has 3 atom stereocenters. The van der Waals surface area contributed by atoms with E-state index in [0.29, 0.717) is 12.6 Å². The minimum atomic E-state index is -0.417. The molecule has 1 aromatic rings. The monoisotopic (exact) mass is 274 g/mol. The van der Waals surface area contributed by atoms with Crippen LogP contribution in [0, 0.1) is 5.82 Å². The number of hydrogen-bond acceptors (Lipinski definition) is 4. The quantitative estimate of drug-likeness (QED) is 0.888. The van der Waals surface area contributed by atoms with Crippen LogP contribution in [-0.4, -0.2) is 36.4 Å². The van der Waals surface area contributed by atoms with Crippen molar-refractivity contribution in [1.82, 2.24) is 10.3 Å². The van der Waals surface area contributed by atoms with E-state index in [1.165, 1.54) is 12.3 Å². The van der Waals surface area contributed by atoms with Crippen LogP contribution in [0.4, 0.5) is 4.39 Å². The first-order valence-electron chi connectivity index (χ1n) is 5.97. The number of fused-ring (bicyclic) bond motifs is 1. The van der Waals surface area contributed by atoms with E-state index >= 15 is 0 Å². The fraction of sp³-hybridized carbons (Fsp3) is 0.583. The summed E-state index contributed by atoms with van der Waals surface area (Å²) in [5, 5.41) is 3.39. The maximum absolute atomic E-state index is 13.4. The summed E-state index contributed by atoms with van der Waals surface area (Å²) in [6.07, 6.45) is 3.33. The van der Waals surface area contributed by atoms with E-state index in [4.69, 9.17) is 9.47 Å². The standard InChI is InChI=1S/C12H15FN2O2.ClH/c13-8-2-1-5-15-12(8)17-10-4-3-9-11(10)16-7-6-14-9;/h1-2,5,9-11,14H,3-4,6-7H2;1H/t9-,10-,11+;/m0./s1. The van der Waals surface area contributed by atoms with Crippen LogP contribution in [0.1, 0.15) is 12.8 Å². The van der Waals surface area contributed by atoms with Gasteiger partial charge in [0.1, 0.15) is 12.2 Å². The van der Waals surface area contributed by atoms with Gasteiger partial charge in [-0.15, -0.1) is 12.4 Å². The van der Waals surface area contributed by atoms with Crippen molar-refractivity contribution in [2.24, 2.45) is 0 Å². The van der Waals surface area contributed by atoms with Crippen molar-refractivity contribution in [3.8, 4) is 5.88 Å². The zero-order valence-corrected chi connectivity index (χ0v) is 10.7. The first-order chi connectivity index (χ1) is 8.34. The van der Waals surface area contributed by atoms with Crippen molar-refractivity contribution >= 4 is 12.4 Å². The molecule has 100 valence electrons. The average Bonchev–Trinajstić information content (AvgIpc) is 2.76. The zero-order valence-electron chi connectivity index (χ0n) is 9.84. The molecule has 2 fully saturated rings. The molecule has 0 spiro atoms. The lowest BCUT2D eigenvalue weighted by atomic mass is 10.2.